The van der Waals surface area contributed by atoms with Crippen molar-refractivity contribution in [2.45, 2.75) is 40.5 Å². The number of alkyl halides is 2. The molecular weight excluding hydrogens is 432 g/mol. The number of carbonyl (C=O) groups is 1. The normalized spacial score (nSPS) is 33.2. The van der Waals surface area contributed by atoms with Crippen LogP contribution in [0, 0.1) is 5.41 Å². The molecule has 2 unspecified atom stereocenters. The molecule has 0 spiro atoms. The molecule has 4 N–H and O–H groups in total. The summed E-state index contributed by atoms with van der Waals surface area (Å²) < 4.78 is 0.832. The fraction of sp³-hybridized carbons (Fsp3) is 0.900. The molecule has 0 heterocycles. The van der Waals surface area contributed by atoms with Crippen LogP contribution in [-0.2, 0) is 0 Å². The van der Waals surface area contributed by atoms with E-state index in [1.165, 1.54) is 6.42 Å². The van der Waals surface area contributed by atoms with Crippen LogP contribution in [0.4, 0.5) is 4.79 Å². The minimum absolute atomic E-state index is 0.151. The van der Waals surface area contributed by atoms with E-state index in [1.807, 2.05) is 0 Å². The number of carbonyl (C=O) groups excluding carboxylic acids is 1. The molecule has 4 nitrogen and oxygen atoms in total. The maximum Gasteiger partial charge on any atom is 0.328 e. The van der Waals surface area contributed by atoms with E-state index in [-0.39, 0.29) is 9.45 Å². The third-order valence-electron chi connectivity index (χ3n) is 2.85. The van der Waals surface area contributed by atoms with E-state index in [9.17, 15) is 4.79 Å². The van der Waals surface area contributed by atoms with Crippen LogP contribution < -0.4 is 16.6 Å². The molecule has 1 rings (SSSR count). The van der Waals surface area contributed by atoms with Crippen LogP contribution in [-0.4, -0.2) is 19.9 Å². The van der Waals surface area contributed by atoms with Crippen molar-refractivity contribution in [3.8, 4) is 0 Å². The third-order valence-corrected chi connectivity index (χ3v) is 4.94. The van der Waals surface area contributed by atoms with Crippen molar-refractivity contribution < 1.29 is 4.79 Å². The minimum Gasteiger partial charge on any atom is -0.336 e. The summed E-state index contributed by atoms with van der Waals surface area (Å²) in [5, 5.41) is 2.82. The topological polar surface area (TPSA) is 67.2 Å². The molecule has 0 radical (unpaired) electrons. The first-order chi connectivity index (χ1) is 7.26. The predicted molar refractivity (Wildman–Crippen MR) is 82.9 cm³/mol. The molecule has 2 amide bonds. The molecule has 1 aliphatic rings. The van der Waals surface area contributed by atoms with Gasteiger partial charge in [0.1, 0.15) is 0 Å². The van der Waals surface area contributed by atoms with Gasteiger partial charge in [0.05, 0.1) is 0 Å². The van der Waals surface area contributed by atoms with Crippen molar-refractivity contribution in [3.63, 3.8) is 0 Å². The van der Waals surface area contributed by atoms with Gasteiger partial charge in [0.25, 0.3) is 0 Å². The molecule has 16 heavy (non-hydrogen) atoms. The fourth-order valence-corrected chi connectivity index (χ4v) is 7.13. The van der Waals surface area contributed by atoms with Crippen LogP contribution in [0.3, 0.4) is 0 Å². The average molecular weight is 451 g/mol. The number of amides is 2. The first-order valence-corrected chi connectivity index (χ1v) is 7.66. The number of nitrogens with one attached hydrogen (secondary N) is 2. The van der Waals surface area contributed by atoms with E-state index in [4.69, 9.17) is 5.84 Å². The first kappa shape index (κ1) is 14.7. The molecule has 1 fully saturated rings. The Morgan fingerprint density at radius 2 is 2.12 bits per heavy atom. The monoisotopic (exact) mass is 451 g/mol. The Bertz CT molecular complexity index is 273. The molecule has 1 aliphatic carbocycles. The lowest BCUT2D eigenvalue weighted by Gasteiger charge is -2.44. The number of hydrogen-bond acceptors (Lipinski definition) is 2. The Hall–Kier alpha value is 0.690. The molecule has 0 aromatic carbocycles. The highest BCUT2D eigenvalue weighted by Gasteiger charge is 2.41. The zero-order valence-corrected chi connectivity index (χ0v) is 14.0. The largest absolute Gasteiger partial charge is 0.336 e. The van der Waals surface area contributed by atoms with Crippen molar-refractivity contribution in [3.05, 3.63) is 0 Å². The van der Waals surface area contributed by atoms with Crippen molar-refractivity contribution in [1.82, 2.24) is 10.7 Å². The average Bonchev–Trinajstić information content (AvgIpc) is 2.10. The Morgan fingerprint density at radius 3 is 2.62 bits per heavy atom. The summed E-state index contributed by atoms with van der Waals surface area (Å²) in [6, 6.07) is -0.301. The lowest BCUT2D eigenvalue weighted by atomic mass is 9.72. The second-order valence-electron chi connectivity index (χ2n) is 5.32. The molecule has 0 aromatic heterocycles. The maximum atomic E-state index is 11.1. The van der Waals surface area contributed by atoms with Crippen LogP contribution in [0.2, 0.25) is 0 Å². The van der Waals surface area contributed by atoms with Crippen LogP contribution in [0.1, 0.15) is 33.1 Å². The Labute approximate surface area is 124 Å². The van der Waals surface area contributed by atoms with Gasteiger partial charge >= 0.3 is 6.03 Å². The fourth-order valence-electron chi connectivity index (χ4n) is 2.50. The molecular formula is C10H19I2N3O. The highest BCUT2D eigenvalue weighted by molar-refractivity contribution is 14.1. The van der Waals surface area contributed by atoms with E-state index in [1.54, 1.807) is 0 Å². The Morgan fingerprint density at radius 1 is 1.50 bits per heavy atom. The molecule has 94 valence electrons. The van der Waals surface area contributed by atoms with Crippen molar-refractivity contribution >= 4 is 51.2 Å². The molecule has 2 atom stereocenters. The molecule has 0 bridgehead atoms. The highest BCUT2D eigenvalue weighted by Crippen LogP contribution is 2.47. The molecule has 0 aromatic rings. The van der Waals surface area contributed by atoms with E-state index >= 15 is 0 Å². The Balaban J connectivity index is 2.58. The second kappa shape index (κ2) is 5.55. The molecule has 0 saturated heterocycles. The number of nitrogens with two attached hydrogens (primary N) is 1. The van der Waals surface area contributed by atoms with Crippen LogP contribution in [0.15, 0.2) is 0 Å². The number of urea groups is 1. The van der Waals surface area contributed by atoms with E-state index in [2.05, 4.69) is 69.8 Å². The van der Waals surface area contributed by atoms with Crippen molar-refractivity contribution in [2.75, 3.05) is 6.54 Å². The van der Waals surface area contributed by atoms with Gasteiger partial charge in [0.15, 0.2) is 0 Å². The lowest BCUT2D eigenvalue weighted by Crippen LogP contribution is -2.49. The zero-order chi connectivity index (χ0) is 12.4. The number of hydrogen-bond donors (Lipinski definition) is 3. The predicted octanol–water partition coefficient (Wildman–Crippen LogP) is 2.35. The van der Waals surface area contributed by atoms with Gasteiger partial charge in [-0.15, -0.1) is 0 Å². The smallest absolute Gasteiger partial charge is 0.328 e. The molecule has 1 saturated carbocycles. The van der Waals surface area contributed by atoms with Gasteiger partial charge in [0, 0.05) is 13.9 Å². The quantitative estimate of drug-likeness (QED) is 0.199. The van der Waals surface area contributed by atoms with Gasteiger partial charge < -0.3 is 5.32 Å². The van der Waals surface area contributed by atoms with Gasteiger partial charge in [-0.25, -0.2) is 10.6 Å². The third kappa shape index (κ3) is 4.52. The second-order valence-corrected chi connectivity index (χ2v) is 9.37. The summed E-state index contributed by atoms with van der Waals surface area (Å²) in [5.41, 5.74) is 2.45. The van der Waals surface area contributed by atoms with Crippen LogP contribution in [0.25, 0.3) is 0 Å². The van der Waals surface area contributed by atoms with Crippen LogP contribution in [0.5, 0.6) is 0 Å². The number of halogens is 2. The van der Waals surface area contributed by atoms with Crippen molar-refractivity contribution in [1.29, 1.82) is 0 Å². The van der Waals surface area contributed by atoms with Gasteiger partial charge in [-0.3, -0.25) is 5.43 Å². The lowest BCUT2D eigenvalue weighted by molar-refractivity contribution is 0.212. The maximum absolute atomic E-state index is 11.1. The minimum atomic E-state index is -0.301. The molecule has 0 aliphatic heterocycles. The number of rotatable bonds is 2. The van der Waals surface area contributed by atoms with E-state index in [0.29, 0.717) is 15.9 Å². The summed E-state index contributed by atoms with van der Waals surface area (Å²) >= 11 is 5.01. The molecule has 6 heteroatoms. The van der Waals surface area contributed by atoms with Gasteiger partial charge in [-0.1, -0.05) is 59.0 Å². The van der Waals surface area contributed by atoms with Gasteiger partial charge in [-0.05, 0) is 24.7 Å². The summed E-state index contributed by atoms with van der Waals surface area (Å²) in [5.74, 6) is 5.05. The summed E-state index contributed by atoms with van der Waals surface area (Å²) in [4.78, 5) is 11.1. The SMILES string of the molecule is CC1(C)CC(I)CC(I)(CNC(=O)NN)C1. The zero-order valence-electron chi connectivity index (χ0n) is 9.65. The van der Waals surface area contributed by atoms with Crippen LogP contribution >= 0.6 is 45.2 Å². The van der Waals surface area contributed by atoms with E-state index < -0.39 is 0 Å². The van der Waals surface area contributed by atoms with E-state index in [0.717, 1.165) is 12.8 Å². The number of hydrazine groups is 1. The Kier molecular flexibility index (Phi) is 5.12. The first-order valence-electron chi connectivity index (χ1n) is 5.34. The summed E-state index contributed by atoms with van der Waals surface area (Å²) in [7, 11) is 0. The summed E-state index contributed by atoms with van der Waals surface area (Å²) in [6.45, 7) is 5.28. The highest BCUT2D eigenvalue weighted by atomic mass is 127. The van der Waals surface area contributed by atoms with Gasteiger partial charge in [-0.2, -0.15) is 0 Å². The summed E-state index contributed by atoms with van der Waals surface area (Å²) in [6.07, 6.45) is 3.52. The standard InChI is InChI=1S/C10H19I2N3O/c1-9(2)3-7(11)4-10(12,5-9)6-14-8(16)15-13/h7H,3-6,13H2,1-2H3,(H2,14,15,16). The van der Waals surface area contributed by atoms with Gasteiger partial charge in [0.2, 0.25) is 0 Å². The van der Waals surface area contributed by atoms with Crippen molar-refractivity contribution in [2.24, 2.45) is 11.3 Å².